The van der Waals surface area contributed by atoms with Crippen LogP contribution in [-0.2, 0) is 19.5 Å². The van der Waals surface area contributed by atoms with Crippen LogP contribution in [0.25, 0.3) is 22.5 Å². The van der Waals surface area contributed by atoms with Gasteiger partial charge < -0.3 is 0 Å². The van der Waals surface area contributed by atoms with Crippen molar-refractivity contribution in [1.29, 1.82) is 0 Å². The van der Waals surface area contributed by atoms with E-state index in [1.165, 1.54) is 0 Å². The molecule has 3 aromatic heterocycles. The van der Waals surface area contributed by atoms with Crippen LogP contribution in [0.4, 0.5) is 0 Å². The number of unbranched alkanes of at least 4 members (excludes halogenated alkanes) is 1. The third-order valence-electron chi connectivity index (χ3n) is 5.41. The third kappa shape index (κ3) is 4.50. The zero-order valence-electron chi connectivity index (χ0n) is 18.3. The molecule has 4 aromatic rings. The van der Waals surface area contributed by atoms with E-state index >= 15 is 0 Å². The summed E-state index contributed by atoms with van der Waals surface area (Å²) in [5.41, 5.74) is 4.50. The molecule has 1 N–H and O–H groups in total. The summed E-state index contributed by atoms with van der Waals surface area (Å²) < 4.78 is 3.44. The number of nitrogens with zero attached hydrogens (tertiary/aromatic N) is 6. The summed E-state index contributed by atoms with van der Waals surface area (Å²) in [6.45, 7) is 5.17. The van der Waals surface area contributed by atoms with Gasteiger partial charge in [0.2, 0.25) is 5.82 Å². The Hall–Kier alpha value is -3.26. The highest BCUT2D eigenvalue weighted by atomic mass is 35.5. The van der Waals surface area contributed by atoms with E-state index in [1.807, 2.05) is 43.3 Å². The molecule has 0 unspecified atom stereocenters. The van der Waals surface area contributed by atoms with Crippen molar-refractivity contribution in [3.63, 3.8) is 0 Å². The lowest BCUT2D eigenvalue weighted by Crippen LogP contribution is -2.26. The first-order valence-electron chi connectivity index (χ1n) is 10.9. The number of aromatic nitrogens is 7. The van der Waals surface area contributed by atoms with Gasteiger partial charge in [-0.2, -0.15) is 5.21 Å². The minimum atomic E-state index is -0.0748. The number of rotatable bonds is 9. The fourth-order valence-electron chi connectivity index (χ4n) is 3.80. The molecule has 0 saturated heterocycles. The van der Waals surface area contributed by atoms with Crippen LogP contribution in [0, 0.1) is 0 Å². The van der Waals surface area contributed by atoms with E-state index in [1.54, 1.807) is 15.3 Å². The predicted molar refractivity (Wildman–Crippen MR) is 125 cm³/mol. The number of pyridine rings is 1. The molecule has 0 radical (unpaired) electrons. The third-order valence-corrected chi connectivity index (χ3v) is 5.84. The van der Waals surface area contributed by atoms with Crippen molar-refractivity contribution < 1.29 is 0 Å². The molecule has 1 aromatic carbocycles. The van der Waals surface area contributed by atoms with Crippen LogP contribution in [0.5, 0.6) is 0 Å². The van der Waals surface area contributed by atoms with E-state index in [9.17, 15) is 4.79 Å². The molecule has 32 heavy (non-hydrogen) atoms. The quantitative estimate of drug-likeness (QED) is 0.408. The molecule has 166 valence electrons. The van der Waals surface area contributed by atoms with E-state index < -0.39 is 0 Å². The zero-order valence-corrected chi connectivity index (χ0v) is 19.0. The van der Waals surface area contributed by atoms with Crippen molar-refractivity contribution in [1.82, 2.24) is 34.7 Å². The number of imidazole rings is 1. The Morgan fingerprint density at radius 2 is 1.84 bits per heavy atom. The Labute approximate surface area is 191 Å². The van der Waals surface area contributed by atoms with Gasteiger partial charge in [-0.15, -0.1) is 10.2 Å². The Balaban J connectivity index is 1.68. The molecule has 0 amide bonds. The predicted octanol–water partition coefficient (Wildman–Crippen LogP) is 4.35. The second kappa shape index (κ2) is 9.91. The molecular formula is C23H26ClN7O. The smallest absolute Gasteiger partial charge is 0.289 e. The van der Waals surface area contributed by atoms with Crippen molar-refractivity contribution in [2.75, 3.05) is 0 Å². The van der Waals surface area contributed by atoms with E-state index in [2.05, 4.69) is 32.5 Å². The number of aromatic amines is 1. The second-order valence-corrected chi connectivity index (χ2v) is 8.07. The van der Waals surface area contributed by atoms with Crippen LogP contribution in [0.1, 0.15) is 44.5 Å². The number of hydrogen-bond donors (Lipinski definition) is 1. The molecule has 4 rings (SSSR count). The summed E-state index contributed by atoms with van der Waals surface area (Å²) in [6.07, 6.45) is 5.40. The maximum atomic E-state index is 13.1. The van der Waals surface area contributed by atoms with Crippen LogP contribution in [0.15, 0.2) is 47.4 Å². The molecule has 0 spiro atoms. The van der Waals surface area contributed by atoms with Gasteiger partial charge in [0.15, 0.2) is 0 Å². The summed E-state index contributed by atoms with van der Waals surface area (Å²) in [7, 11) is 0. The molecule has 8 nitrogen and oxygen atoms in total. The van der Waals surface area contributed by atoms with Crippen molar-refractivity contribution >= 4 is 11.6 Å². The molecule has 0 atom stereocenters. The van der Waals surface area contributed by atoms with Gasteiger partial charge in [0, 0.05) is 18.3 Å². The first-order chi connectivity index (χ1) is 15.6. The first-order valence-corrected chi connectivity index (χ1v) is 11.3. The molecule has 0 saturated carbocycles. The van der Waals surface area contributed by atoms with Crippen LogP contribution in [0.3, 0.4) is 0 Å². The van der Waals surface area contributed by atoms with E-state index in [0.717, 1.165) is 53.8 Å². The first kappa shape index (κ1) is 22.0. The van der Waals surface area contributed by atoms with Gasteiger partial charge in [-0.1, -0.05) is 50.1 Å². The van der Waals surface area contributed by atoms with Crippen LogP contribution < -0.4 is 5.69 Å². The van der Waals surface area contributed by atoms with Crippen LogP contribution in [-0.4, -0.2) is 34.7 Å². The monoisotopic (exact) mass is 451 g/mol. The Bertz CT molecular complexity index is 1240. The van der Waals surface area contributed by atoms with Crippen molar-refractivity contribution in [2.24, 2.45) is 0 Å². The SMILES string of the molecule is CCCCc1c(Cl)n(CCC)c(=O)n1Cc1cc(-c2cccc(-c3nn[nH]n3)c2)ccn1. The molecule has 0 aliphatic heterocycles. The largest absolute Gasteiger partial charge is 0.329 e. The topological polar surface area (TPSA) is 94.3 Å². The fraction of sp³-hybridized carbons (Fsp3) is 0.348. The summed E-state index contributed by atoms with van der Waals surface area (Å²) >= 11 is 6.61. The van der Waals surface area contributed by atoms with Gasteiger partial charge in [-0.25, -0.2) is 4.79 Å². The zero-order chi connectivity index (χ0) is 22.5. The second-order valence-electron chi connectivity index (χ2n) is 7.71. The lowest BCUT2D eigenvalue weighted by Gasteiger charge is -2.09. The number of tetrazole rings is 1. The molecule has 0 bridgehead atoms. The average Bonchev–Trinajstić information content (AvgIpc) is 3.43. The summed E-state index contributed by atoms with van der Waals surface area (Å²) in [6, 6.07) is 11.9. The standard InChI is InChI=1S/C23H26ClN7O/c1-3-5-9-20-21(24)30(12-4-2)23(32)31(20)15-19-14-17(10-11-25-19)16-7-6-8-18(13-16)22-26-28-29-27-22/h6-8,10-11,13-14H,3-5,9,12,15H2,1-2H3,(H,26,27,28,29). The molecule has 3 heterocycles. The van der Waals surface area contributed by atoms with Crippen molar-refractivity contribution in [2.45, 2.75) is 52.6 Å². The summed E-state index contributed by atoms with van der Waals surface area (Å²) in [4.78, 5) is 17.6. The maximum Gasteiger partial charge on any atom is 0.329 e. The summed E-state index contributed by atoms with van der Waals surface area (Å²) in [5, 5.41) is 14.8. The lowest BCUT2D eigenvalue weighted by atomic mass is 10.0. The average molecular weight is 452 g/mol. The fourth-order valence-corrected chi connectivity index (χ4v) is 4.16. The van der Waals surface area contributed by atoms with Gasteiger partial charge in [0.1, 0.15) is 5.15 Å². The van der Waals surface area contributed by atoms with E-state index in [4.69, 9.17) is 11.6 Å². The maximum absolute atomic E-state index is 13.1. The molecule has 0 aliphatic rings. The van der Waals surface area contributed by atoms with Crippen LogP contribution in [0.2, 0.25) is 5.15 Å². The van der Waals surface area contributed by atoms with Gasteiger partial charge in [-0.3, -0.25) is 14.1 Å². The van der Waals surface area contributed by atoms with Crippen molar-refractivity contribution in [3.8, 4) is 22.5 Å². The molecule has 0 fully saturated rings. The van der Waals surface area contributed by atoms with E-state index in [0.29, 0.717) is 24.1 Å². The normalized spacial score (nSPS) is 11.2. The Morgan fingerprint density at radius 1 is 1.03 bits per heavy atom. The number of benzene rings is 1. The molecule has 0 aliphatic carbocycles. The lowest BCUT2D eigenvalue weighted by molar-refractivity contribution is 0.614. The van der Waals surface area contributed by atoms with E-state index in [-0.39, 0.29) is 5.69 Å². The number of hydrogen-bond acceptors (Lipinski definition) is 5. The highest BCUT2D eigenvalue weighted by Crippen LogP contribution is 2.25. The molecule has 9 heteroatoms. The van der Waals surface area contributed by atoms with Gasteiger partial charge >= 0.3 is 5.69 Å². The number of H-pyrrole nitrogens is 1. The number of halogens is 1. The van der Waals surface area contributed by atoms with Crippen molar-refractivity contribution in [3.05, 3.63) is 69.6 Å². The van der Waals surface area contributed by atoms with Gasteiger partial charge in [-0.05, 0) is 53.8 Å². The summed E-state index contributed by atoms with van der Waals surface area (Å²) in [5.74, 6) is 0.542. The van der Waals surface area contributed by atoms with Gasteiger partial charge in [0.05, 0.1) is 17.9 Å². The highest BCUT2D eigenvalue weighted by Gasteiger charge is 2.18. The number of nitrogens with one attached hydrogen (secondary N) is 1. The molecular weight excluding hydrogens is 426 g/mol. The Morgan fingerprint density at radius 3 is 2.59 bits per heavy atom. The minimum Gasteiger partial charge on any atom is -0.289 e. The minimum absolute atomic E-state index is 0.0748. The van der Waals surface area contributed by atoms with Crippen LogP contribution >= 0.6 is 11.6 Å². The highest BCUT2D eigenvalue weighted by molar-refractivity contribution is 6.30. The Kier molecular flexibility index (Phi) is 6.80. The van der Waals surface area contributed by atoms with Gasteiger partial charge in [0.25, 0.3) is 0 Å².